The van der Waals surface area contributed by atoms with Gasteiger partial charge in [0.25, 0.3) is 5.91 Å². The molecule has 1 amide bonds. The molecule has 3 aromatic rings. The van der Waals surface area contributed by atoms with E-state index >= 15 is 0 Å². The Morgan fingerprint density at radius 1 is 1.14 bits per heavy atom. The molecule has 0 aliphatic carbocycles. The maximum Gasteiger partial charge on any atom is 0.253 e. The van der Waals surface area contributed by atoms with Crippen molar-refractivity contribution in [3.05, 3.63) is 65.3 Å². The number of hydrogen-bond acceptors (Lipinski definition) is 3. The first-order valence-electron chi connectivity index (χ1n) is 9.34. The van der Waals surface area contributed by atoms with Gasteiger partial charge in [-0.05, 0) is 61.2 Å². The molecule has 1 saturated heterocycles. The second-order valence-electron chi connectivity index (χ2n) is 7.56. The van der Waals surface area contributed by atoms with E-state index in [1.54, 1.807) is 6.20 Å². The van der Waals surface area contributed by atoms with Gasteiger partial charge in [0.2, 0.25) is 0 Å². The second-order valence-corrected chi connectivity index (χ2v) is 8.00. The van der Waals surface area contributed by atoms with Gasteiger partial charge in [0, 0.05) is 35.3 Å². The molecule has 0 N–H and O–H groups in total. The summed E-state index contributed by atoms with van der Waals surface area (Å²) in [6.45, 7) is 3.22. The lowest BCUT2D eigenvalue weighted by molar-refractivity contribution is 0.0661. The fraction of sp³-hybridized carbons (Fsp3) is 0.261. The normalized spacial score (nSPS) is 16.0. The standard InChI is InChI=1S/C23H20ClN3O/c1-23(15-25)9-12-27(13-10-23)22(28)17-4-2-16(3-5-17)19-8-11-26-21-14-18(24)6-7-20(19)21/h2-8,11,14H,9-10,12-13H2,1H3. The third-order valence-electron chi connectivity index (χ3n) is 5.57. The summed E-state index contributed by atoms with van der Waals surface area (Å²) in [5.41, 5.74) is 3.29. The zero-order chi connectivity index (χ0) is 19.7. The summed E-state index contributed by atoms with van der Waals surface area (Å²) >= 11 is 6.07. The number of halogens is 1. The zero-order valence-electron chi connectivity index (χ0n) is 15.7. The molecule has 4 nitrogen and oxygen atoms in total. The maximum atomic E-state index is 12.8. The molecule has 4 rings (SSSR count). The van der Waals surface area contributed by atoms with E-state index in [1.165, 1.54) is 0 Å². The third-order valence-corrected chi connectivity index (χ3v) is 5.81. The van der Waals surface area contributed by atoms with Crippen molar-refractivity contribution in [1.82, 2.24) is 9.88 Å². The van der Waals surface area contributed by atoms with Crippen molar-refractivity contribution in [2.24, 2.45) is 5.41 Å². The van der Waals surface area contributed by atoms with Crippen LogP contribution in [0, 0.1) is 16.7 Å². The van der Waals surface area contributed by atoms with Gasteiger partial charge in [-0.3, -0.25) is 9.78 Å². The smallest absolute Gasteiger partial charge is 0.253 e. The second kappa shape index (κ2) is 7.26. The number of rotatable bonds is 2. The van der Waals surface area contributed by atoms with Crippen LogP contribution >= 0.6 is 11.6 Å². The first kappa shape index (κ1) is 18.5. The van der Waals surface area contributed by atoms with Crippen LogP contribution in [0.5, 0.6) is 0 Å². The van der Waals surface area contributed by atoms with Crippen molar-refractivity contribution in [2.75, 3.05) is 13.1 Å². The number of nitrogens with zero attached hydrogens (tertiary/aromatic N) is 3. The molecule has 2 heterocycles. The predicted octanol–water partition coefficient (Wildman–Crippen LogP) is 5.32. The average molecular weight is 390 g/mol. The van der Waals surface area contributed by atoms with Crippen molar-refractivity contribution in [3.63, 3.8) is 0 Å². The van der Waals surface area contributed by atoms with Gasteiger partial charge in [0.1, 0.15) is 0 Å². The SMILES string of the molecule is CC1(C#N)CCN(C(=O)c2ccc(-c3ccnc4cc(Cl)ccc34)cc2)CC1. The molecule has 1 aliphatic heterocycles. The first-order valence-corrected chi connectivity index (χ1v) is 9.72. The molecule has 1 aromatic heterocycles. The van der Waals surface area contributed by atoms with Crippen LogP contribution in [-0.2, 0) is 0 Å². The first-order chi connectivity index (χ1) is 13.5. The molecule has 0 radical (unpaired) electrons. The molecule has 0 bridgehead atoms. The van der Waals surface area contributed by atoms with Crippen molar-refractivity contribution in [1.29, 1.82) is 5.26 Å². The Hall–Kier alpha value is -2.90. The summed E-state index contributed by atoms with van der Waals surface area (Å²) < 4.78 is 0. The largest absolute Gasteiger partial charge is 0.339 e. The van der Waals surface area contributed by atoms with Crippen molar-refractivity contribution >= 4 is 28.4 Å². The summed E-state index contributed by atoms with van der Waals surface area (Å²) in [6, 6.07) is 17.7. The van der Waals surface area contributed by atoms with Crippen molar-refractivity contribution in [3.8, 4) is 17.2 Å². The Morgan fingerprint density at radius 2 is 1.86 bits per heavy atom. The Kier molecular flexibility index (Phi) is 4.78. The Labute approximate surface area is 169 Å². The summed E-state index contributed by atoms with van der Waals surface area (Å²) in [7, 11) is 0. The Morgan fingerprint density at radius 3 is 2.54 bits per heavy atom. The van der Waals surface area contributed by atoms with Crippen molar-refractivity contribution in [2.45, 2.75) is 19.8 Å². The summed E-state index contributed by atoms with van der Waals surface area (Å²) in [4.78, 5) is 19.0. The lowest BCUT2D eigenvalue weighted by Gasteiger charge is -2.35. The van der Waals surface area contributed by atoms with Crippen LogP contribution in [-0.4, -0.2) is 28.9 Å². The number of aromatic nitrogens is 1. The highest BCUT2D eigenvalue weighted by Crippen LogP contribution is 2.31. The van der Waals surface area contributed by atoms with E-state index in [1.807, 2.05) is 60.4 Å². The number of hydrogen-bond donors (Lipinski definition) is 0. The van der Waals surface area contributed by atoms with Crippen molar-refractivity contribution < 1.29 is 4.79 Å². The monoisotopic (exact) mass is 389 g/mol. The maximum absolute atomic E-state index is 12.8. The predicted molar refractivity (Wildman–Crippen MR) is 111 cm³/mol. The molecular formula is C23H20ClN3O. The van der Waals surface area contributed by atoms with Crippen LogP contribution in [0.4, 0.5) is 0 Å². The van der Waals surface area contributed by atoms with Gasteiger partial charge in [-0.2, -0.15) is 5.26 Å². The van der Waals surface area contributed by atoms with Crippen LogP contribution in [0.3, 0.4) is 0 Å². The van der Waals surface area contributed by atoms with Crippen LogP contribution < -0.4 is 0 Å². The molecule has 2 aromatic carbocycles. The number of amides is 1. The van der Waals surface area contributed by atoms with Gasteiger partial charge >= 0.3 is 0 Å². The van der Waals surface area contributed by atoms with E-state index in [4.69, 9.17) is 11.6 Å². The number of benzene rings is 2. The molecule has 28 heavy (non-hydrogen) atoms. The summed E-state index contributed by atoms with van der Waals surface area (Å²) in [5.74, 6) is 0.0258. The van der Waals surface area contributed by atoms with Gasteiger partial charge in [0.15, 0.2) is 0 Å². The van der Waals surface area contributed by atoms with Gasteiger partial charge in [-0.1, -0.05) is 29.8 Å². The molecule has 0 unspecified atom stereocenters. The number of fused-ring (bicyclic) bond motifs is 1. The van der Waals surface area contributed by atoms with Crippen LogP contribution in [0.2, 0.25) is 5.02 Å². The highest BCUT2D eigenvalue weighted by molar-refractivity contribution is 6.31. The number of nitriles is 1. The number of carbonyl (C=O) groups excluding carboxylic acids is 1. The fourth-order valence-electron chi connectivity index (χ4n) is 3.66. The van der Waals surface area contributed by atoms with E-state index < -0.39 is 0 Å². The van der Waals surface area contributed by atoms with Crippen LogP contribution in [0.1, 0.15) is 30.1 Å². The highest BCUT2D eigenvalue weighted by atomic mass is 35.5. The van der Waals surface area contributed by atoms with E-state index in [0.717, 1.165) is 34.9 Å². The zero-order valence-corrected chi connectivity index (χ0v) is 16.4. The lowest BCUT2D eigenvalue weighted by atomic mass is 9.82. The number of piperidine rings is 1. The molecule has 0 spiro atoms. The number of likely N-dealkylation sites (tertiary alicyclic amines) is 1. The molecule has 1 aliphatic rings. The van der Waals surface area contributed by atoms with Crippen LogP contribution in [0.25, 0.3) is 22.0 Å². The van der Waals surface area contributed by atoms with Crippen LogP contribution in [0.15, 0.2) is 54.7 Å². The van der Waals surface area contributed by atoms with Gasteiger partial charge in [-0.15, -0.1) is 0 Å². The highest BCUT2D eigenvalue weighted by Gasteiger charge is 2.32. The van der Waals surface area contributed by atoms with E-state index in [0.29, 0.717) is 23.7 Å². The molecule has 0 atom stereocenters. The van der Waals surface area contributed by atoms with Gasteiger partial charge in [-0.25, -0.2) is 0 Å². The Balaban J connectivity index is 1.57. The number of pyridine rings is 1. The third kappa shape index (κ3) is 3.46. The number of carbonyl (C=O) groups is 1. The lowest BCUT2D eigenvalue weighted by Crippen LogP contribution is -2.41. The molecule has 0 saturated carbocycles. The van der Waals surface area contributed by atoms with Gasteiger partial charge in [0.05, 0.1) is 17.0 Å². The average Bonchev–Trinajstić information content (AvgIpc) is 2.73. The topological polar surface area (TPSA) is 57.0 Å². The minimum atomic E-state index is -0.314. The molecule has 140 valence electrons. The molecule has 1 fully saturated rings. The fourth-order valence-corrected chi connectivity index (χ4v) is 3.83. The minimum Gasteiger partial charge on any atom is -0.339 e. The van der Waals surface area contributed by atoms with E-state index in [-0.39, 0.29) is 11.3 Å². The molecule has 5 heteroatoms. The molecular weight excluding hydrogens is 370 g/mol. The van der Waals surface area contributed by atoms with E-state index in [9.17, 15) is 10.1 Å². The van der Waals surface area contributed by atoms with Gasteiger partial charge < -0.3 is 4.90 Å². The Bertz CT molecular complexity index is 1080. The minimum absolute atomic E-state index is 0.0258. The van der Waals surface area contributed by atoms with E-state index in [2.05, 4.69) is 11.1 Å². The summed E-state index contributed by atoms with van der Waals surface area (Å²) in [5, 5.41) is 10.9. The quantitative estimate of drug-likeness (QED) is 0.595. The summed E-state index contributed by atoms with van der Waals surface area (Å²) in [6.07, 6.45) is 3.21.